The lowest BCUT2D eigenvalue weighted by atomic mass is 10.2. The molecular weight excluding hydrogens is 402 g/mol. The van der Waals surface area contributed by atoms with E-state index in [2.05, 4.69) is 15.0 Å². The molecule has 0 aliphatic carbocycles. The molecule has 1 aliphatic heterocycles. The number of sulfonamides is 1. The monoisotopic (exact) mass is 429 g/mol. The summed E-state index contributed by atoms with van der Waals surface area (Å²) >= 11 is 1.23. The molecule has 1 N–H and O–H groups in total. The lowest BCUT2D eigenvalue weighted by molar-refractivity contribution is -0.140. The molecular formula is C18H27N3O5S2. The molecule has 0 atom stereocenters. The zero-order chi connectivity index (χ0) is 20.4. The van der Waals surface area contributed by atoms with Gasteiger partial charge in [0.2, 0.25) is 15.9 Å². The molecule has 0 aromatic carbocycles. The first-order valence-electron chi connectivity index (χ1n) is 9.36. The van der Waals surface area contributed by atoms with E-state index >= 15 is 0 Å². The van der Waals surface area contributed by atoms with Crippen LogP contribution in [0.3, 0.4) is 0 Å². The molecule has 0 unspecified atom stereocenters. The minimum absolute atomic E-state index is 0.169. The van der Waals surface area contributed by atoms with Crippen LogP contribution in [0.5, 0.6) is 0 Å². The first-order valence-corrected chi connectivity index (χ1v) is 11.8. The van der Waals surface area contributed by atoms with E-state index in [-0.39, 0.29) is 28.9 Å². The van der Waals surface area contributed by atoms with E-state index in [1.165, 1.54) is 29.4 Å². The molecule has 10 heteroatoms. The second kappa shape index (κ2) is 11.4. The van der Waals surface area contributed by atoms with Crippen LogP contribution in [0.25, 0.3) is 0 Å². The fourth-order valence-electron chi connectivity index (χ4n) is 2.79. The van der Waals surface area contributed by atoms with Gasteiger partial charge in [0.15, 0.2) is 0 Å². The first-order chi connectivity index (χ1) is 13.4. The molecule has 1 aromatic heterocycles. The lowest BCUT2D eigenvalue weighted by Gasteiger charge is -2.19. The third-order valence-electron chi connectivity index (χ3n) is 4.37. The zero-order valence-electron chi connectivity index (χ0n) is 16.1. The molecule has 1 aromatic rings. The summed E-state index contributed by atoms with van der Waals surface area (Å²) < 4.78 is 31.5. The van der Waals surface area contributed by atoms with Gasteiger partial charge in [-0.3, -0.25) is 9.59 Å². The van der Waals surface area contributed by atoms with Gasteiger partial charge in [-0.25, -0.2) is 13.4 Å². The summed E-state index contributed by atoms with van der Waals surface area (Å²) in [5.41, 5.74) is 0. The summed E-state index contributed by atoms with van der Waals surface area (Å²) in [7, 11) is -2.18. The van der Waals surface area contributed by atoms with Crippen LogP contribution in [0.15, 0.2) is 28.3 Å². The van der Waals surface area contributed by atoms with Gasteiger partial charge in [-0.1, -0.05) is 24.6 Å². The largest absolute Gasteiger partial charge is 0.469 e. The van der Waals surface area contributed by atoms with Crippen molar-refractivity contribution in [2.24, 2.45) is 0 Å². The second-order valence-corrected chi connectivity index (χ2v) is 9.40. The number of hydrogen-bond acceptors (Lipinski definition) is 7. The van der Waals surface area contributed by atoms with Gasteiger partial charge < -0.3 is 10.1 Å². The molecule has 8 nitrogen and oxygen atoms in total. The predicted octanol–water partition coefficient (Wildman–Crippen LogP) is 1.81. The van der Waals surface area contributed by atoms with Gasteiger partial charge in [-0.05, 0) is 31.4 Å². The Balaban J connectivity index is 1.80. The van der Waals surface area contributed by atoms with Crippen molar-refractivity contribution in [1.82, 2.24) is 14.6 Å². The number of amides is 1. The number of carbonyl (C=O) groups excluding carboxylic acids is 2. The summed E-state index contributed by atoms with van der Waals surface area (Å²) in [5, 5.41) is 3.30. The summed E-state index contributed by atoms with van der Waals surface area (Å²) in [4.78, 5) is 27.2. The zero-order valence-corrected chi connectivity index (χ0v) is 17.7. The number of pyridine rings is 1. The van der Waals surface area contributed by atoms with Gasteiger partial charge in [-0.15, -0.1) is 0 Å². The molecule has 2 heterocycles. The Labute approximate surface area is 170 Å². The van der Waals surface area contributed by atoms with E-state index in [1.54, 1.807) is 12.1 Å². The third kappa shape index (κ3) is 7.06. The Morgan fingerprint density at radius 2 is 1.93 bits per heavy atom. The van der Waals surface area contributed by atoms with Crippen LogP contribution >= 0.6 is 11.8 Å². The Morgan fingerprint density at radius 3 is 2.54 bits per heavy atom. The quantitative estimate of drug-likeness (QED) is 0.362. The Bertz CT molecular complexity index is 745. The van der Waals surface area contributed by atoms with E-state index in [1.807, 2.05) is 0 Å². The Kier molecular flexibility index (Phi) is 9.20. The van der Waals surface area contributed by atoms with E-state index in [0.717, 1.165) is 25.7 Å². The highest BCUT2D eigenvalue weighted by Crippen LogP contribution is 2.22. The van der Waals surface area contributed by atoms with Crippen LogP contribution < -0.4 is 5.32 Å². The van der Waals surface area contributed by atoms with Crippen molar-refractivity contribution < 1.29 is 22.7 Å². The molecule has 1 amide bonds. The Hall–Kier alpha value is -1.65. The van der Waals surface area contributed by atoms with Crippen molar-refractivity contribution >= 4 is 33.7 Å². The summed E-state index contributed by atoms with van der Waals surface area (Å²) in [6, 6.07) is 3.17. The molecule has 1 fully saturated rings. The standard InChI is InChI=1S/C18H27N3O5S2/c1-26-18(23)7-6-10-19-16(22)14-27-17-9-8-15(13-20-17)28(24,25)21-11-4-2-3-5-12-21/h8-9,13H,2-7,10-12,14H2,1H3,(H,19,22). The molecule has 1 saturated heterocycles. The maximum Gasteiger partial charge on any atom is 0.305 e. The number of rotatable bonds is 9. The number of thioether (sulfide) groups is 1. The van der Waals surface area contributed by atoms with Crippen LogP contribution in [0, 0.1) is 0 Å². The number of carbonyl (C=O) groups is 2. The number of aromatic nitrogens is 1. The average molecular weight is 430 g/mol. The maximum atomic E-state index is 12.7. The highest BCUT2D eigenvalue weighted by molar-refractivity contribution is 7.99. The van der Waals surface area contributed by atoms with Crippen molar-refractivity contribution in [3.63, 3.8) is 0 Å². The highest BCUT2D eigenvalue weighted by atomic mass is 32.2. The van der Waals surface area contributed by atoms with Gasteiger partial charge in [0.1, 0.15) is 4.90 Å². The highest BCUT2D eigenvalue weighted by Gasteiger charge is 2.25. The number of nitrogens with one attached hydrogen (secondary N) is 1. The van der Waals surface area contributed by atoms with Crippen molar-refractivity contribution in [3.8, 4) is 0 Å². The predicted molar refractivity (Wildman–Crippen MR) is 106 cm³/mol. The smallest absolute Gasteiger partial charge is 0.305 e. The van der Waals surface area contributed by atoms with Crippen LogP contribution in [0.4, 0.5) is 0 Å². The fourth-order valence-corrected chi connectivity index (χ4v) is 4.92. The van der Waals surface area contributed by atoms with Gasteiger partial charge in [-0.2, -0.15) is 4.31 Å². The molecule has 0 radical (unpaired) electrons. The first kappa shape index (κ1) is 22.6. The maximum absolute atomic E-state index is 12.7. The molecule has 0 saturated carbocycles. The normalized spacial score (nSPS) is 15.6. The average Bonchev–Trinajstić information content (AvgIpc) is 3.00. The minimum atomic E-state index is -3.51. The van der Waals surface area contributed by atoms with Crippen molar-refractivity contribution in [1.29, 1.82) is 0 Å². The van der Waals surface area contributed by atoms with Crippen molar-refractivity contribution in [2.75, 3.05) is 32.5 Å². The summed E-state index contributed by atoms with van der Waals surface area (Å²) in [6.45, 7) is 1.50. The van der Waals surface area contributed by atoms with Crippen LogP contribution in [0.1, 0.15) is 38.5 Å². The van der Waals surface area contributed by atoms with Gasteiger partial charge >= 0.3 is 5.97 Å². The number of nitrogens with zero attached hydrogens (tertiary/aromatic N) is 2. The topological polar surface area (TPSA) is 106 Å². The SMILES string of the molecule is COC(=O)CCCNC(=O)CSc1ccc(S(=O)(=O)N2CCCCCC2)cn1. The fraction of sp³-hybridized carbons (Fsp3) is 0.611. The van der Waals surface area contributed by atoms with Gasteiger partial charge in [0.25, 0.3) is 0 Å². The van der Waals surface area contributed by atoms with E-state index in [0.29, 0.717) is 31.1 Å². The summed E-state index contributed by atoms with van der Waals surface area (Å²) in [5.74, 6) is -0.301. The molecule has 2 rings (SSSR count). The van der Waals surface area contributed by atoms with E-state index in [9.17, 15) is 18.0 Å². The second-order valence-electron chi connectivity index (χ2n) is 6.47. The number of esters is 1. The van der Waals surface area contributed by atoms with Crippen LogP contribution in [0.2, 0.25) is 0 Å². The number of ether oxygens (including phenoxy) is 1. The molecule has 0 bridgehead atoms. The van der Waals surface area contributed by atoms with Crippen molar-refractivity contribution in [3.05, 3.63) is 18.3 Å². The van der Waals surface area contributed by atoms with Gasteiger partial charge in [0, 0.05) is 32.3 Å². The molecule has 156 valence electrons. The number of methoxy groups -OCH3 is 1. The molecule has 28 heavy (non-hydrogen) atoms. The Morgan fingerprint density at radius 1 is 1.21 bits per heavy atom. The van der Waals surface area contributed by atoms with E-state index < -0.39 is 10.0 Å². The van der Waals surface area contributed by atoms with Crippen molar-refractivity contribution in [2.45, 2.75) is 48.4 Å². The molecule has 1 aliphatic rings. The molecule has 0 spiro atoms. The van der Waals surface area contributed by atoms with Crippen LogP contribution in [-0.2, 0) is 24.3 Å². The third-order valence-corrected chi connectivity index (χ3v) is 7.20. The lowest BCUT2D eigenvalue weighted by Crippen LogP contribution is -2.32. The van der Waals surface area contributed by atoms with Crippen LogP contribution in [-0.4, -0.2) is 62.1 Å². The summed E-state index contributed by atoms with van der Waals surface area (Å²) in [6.07, 6.45) is 6.03. The minimum Gasteiger partial charge on any atom is -0.469 e. The van der Waals surface area contributed by atoms with Gasteiger partial charge in [0.05, 0.1) is 17.9 Å². The number of hydrogen-bond donors (Lipinski definition) is 1. The van der Waals surface area contributed by atoms with E-state index in [4.69, 9.17) is 0 Å².